The first-order chi connectivity index (χ1) is 8.17. The zero-order valence-corrected chi connectivity index (χ0v) is 10.7. The molecule has 1 unspecified atom stereocenters. The molecule has 1 aromatic heterocycles. The van der Waals surface area contributed by atoms with Crippen molar-refractivity contribution in [3.05, 3.63) is 12.0 Å². The fourth-order valence-corrected chi connectivity index (χ4v) is 1.41. The molecule has 0 fully saturated rings. The molecule has 5 heteroatoms. The number of hydrogen-bond donors (Lipinski definition) is 1. The number of ether oxygens (including phenoxy) is 1. The van der Waals surface area contributed by atoms with E-state index in [1.54, 1.807) is 0 Å². The minimum absolute atomic E-state index is 0.0274. The average Bonchev–Trinajstić information content (AvgIpc) is 2.30. The van der Waals surface area contributed by atoms with Gasteiger partial charge in [-0.05, 0) is 19.8 Å². The highest BCUT2D eigenvalue weighted by Crippen LogP contribution is 2.17. The zero-order valence-electron chi connectivity index (χ0n) is 10.7. The van der Waals surface area contributed by atoms with E-state index in [0.717, 1.165) is 32.0 Å². The molecule has 0 radical (unpaired) electrons. The quantitative estimate of drug-likeness (QED) is 0.797. The van der Waals surface area contributed by atoms with Crippen molar-refractivity contribution in [1.82, 2.24) is 9.97 Å². The van der Waals surface area contributed by atoms with E-state index in [1.165, 1.54) is 0 Å². The van der Waals surface area contributed by atoms with Crippen molar-refractivity contribution in [2.75, 3.05) is 11.9 Å². The third-order valence-electron chi connectivity index (χ3n) is 2.25. The van der Waals surface area contributed by atoms with Crippen molar-refractivity contribution in [2.24, 2.45) is 0 Å². The van der Waals surface area contributed by atoms with Gasteiger partial charge in [-0.3, -0.25) is 0 Å². The molecule has 0 aliphatic carbocycles. The molecule has 96 valence electrons. The van der Waals surface area contributed by atoms with E-state index in [0.29, 0.717) is 5.95 Å². The number of nitrogens with zero attached hydrogens (tertiary/aromatic N) is 2. The van der Waals surface area contributed by atoms with Crippen LogP contribution in [0.25, 0.3) is 0 Å². The van der Waals surface area contributed by atoms with E-state index in [1.807, 2.05) is 13.8 Å². The average molecular weight is 241 g/mol. The summed E-state index contributed by atoms with van der Waals surface area (Å²) in [5, 5.41) is 3.00. The molecular formula is C12H20FN3O. The van der Waals surface area contributed by atoms with E-state index in [4.69, 9.17) is 4.74 Å². The summed E-state index contributed by atoms with van der Waals surface area (Å²) in [7, 11) is 0. The molecule has 0 aromatic carbocycles. The highest BCUT2D eigenvalue weighted by Gasteiger charge is 2.11. The number of aromatic nitrogens is 2. The van der Waals surface area contributed by atoms with Gasteiger partial charge in [0.1, 0.15) is 0 Å². The molecule has 0 spiro atoms. The number of halogens is 1. The minimum Gasteiger partial charge on any atom is -0.472 e. The van der Waals surface area contributed by atoms with Gasteiger partial charge in [-0.1, -0.05) is 20.3 Å². The maximum Gasteiger partial charge on any atom is 0.255 e. The first-order valence-electron chi connectivity index (χ1n) is 6.10. The lowest BCUT2D eigenvalue weighted by atomic mass is 10.2. The van der Waals surface area contributed by atoms with Gasteiger partial charge < -0.3 is 10.1 Å². The summed E-state index contributed by atoms with van der Waals surface area (Å²) in [5.41, 5.74) is 0. The number of hydrogen-bond acceptors (Lipinski definition) is 4. The van der Waals surface area contributed by atoms with Crippen LogP contribution in [0.15, 0.2) is 6.20 Å². The van der Waals surface area contributed by atoms with Gasteiger partial charge in [0.15, 0.2) is 0 Å². The van der Waals surface area contributed by atoms with E-state index >= 15 is 0 Å². The van der Waals surface area contributed by atoms with Crippen LogP contribution in [0.1, 0.15) is 40.0 Å². The van der Waals surface area contributed by atoms with E-state index < -0.39 is 5.82 Å². The van der Waals surface area contributed by atoms with Crippen LogP contribution in [0.3, 0.4) is 0 Å². The summed E-state index contributed by atoms with van der Waals surface area (Å²) in [4.78, 5) is 7.87. The molecule has 1 atom stereocenters. The normalized spacial score (nSPS) is 12.2. The Labute approximate surface area is 102 Å². The van der Waals surface area contributed by atoms with Gasteiger partial charge >= 0.3 is 0 Å². The molecule has 4 nitrogen and oxygen atoms in total. The Morgan fingerprint density at radius 1 is 1.41 bits per heavy atom. The summed E-state index contributed by atoms with van der Waals surface area (Å²) >= 11 is 0. The molecule has 17 heavy (non-hydrogen) atoms. The lowest BCUT2D eigenvalue weighted by molar-refractivity contribution is 0.191. The molecule has 0 saturated carbocycles. The highest BCUT2D eigenvalue weighted by atomic mass is 19.1. The van der Waals surface area contributed by atoms with Crippen LogP contribution in [-0.2, 0) is 0 Å². The standard InChI is InChI=1S/C12H20FN3O/c1-4-6-9(3)17-11-10(13)8-15-12(16-11)14-7-5-2/h8-9H,4-7H2,1-3H3,(H,14,15,16). The topological polar surface area (TPSA) is 47.0 Å². The van der Waals surface area contributed by atoms with Crippen LogP contribution < -0.4 is 10.1 Å². The van der Waals surface area contributed by atoms with Gasteiger partial charge in [0.25, 0.3) is 5.88 Å². The second-order valence-corrected chi connectivity index (χ2v) is 3.99. The Bertz CT molecular complexity index is 347. The van der Waals surface area contributed by atoms with Crippen LogP contribution in [0, 0.1) is 5.82 Å². The molecule has 1 aromatic rings. The number of nitrogens with one attached hydrogen (secondary N) is 1. The van der Waals surface area contributed by atoms with Crippen molar-refractivity contribution >= 4 is 5.95 Å². The maximum absolute atomic E-state index is 13.4. The fourth-order valence-electron chi connectivity index (χ4n) is 1.41. The Kier molecular flexibility index (Phi) is 5.66. The molecular weight excluding hydrogens is 221 g/mol. The van der Waals surface area contributed by atoms with Crippen molar-refractivity contribution in [3.8, 4) is 5.88 Å². The predicted octanol–water partition coefficient (Wildman–Crippen LogP) is 3.01. The highest BCUT2D eigenvalue weighted by molar-refractivity contribution is 5.28. The van der Waals surface area contributed by atoms with Crippen LogP contribution in [0.5, 0.6) is 5.88 Å². The summed E-state index contributed by atoms with van der Waals surface area (Å²) in [5.74, 6) is -0.0819. The SMILES string of the molecule is CCCNc1ncc(F)c(OC(C)CCC)n1. The molecule has 0 saturated heterocycles. The van der Waals surface area contributed by atoms with Gasteiger partial charge in [-0.15, -0.1) is 0 Å². The first kappa shape index (κ1) is 13.7. The molecule has 1 rings (SSSR count). The summed E-state index contributed by atoms with van der Waals surface area (Å²) in [6.45, 7) is 6.77. The predicted molar refractivity (Wildman–Crippen MR) is 65.8 cm³/mol. The second-order valence-electron chi connectivity index (χ2n) is 3.99. The minimum atomic E-state index is -0.519. The second kappa shape index (κ2) is 7.04. The van der Waals surface area contributed by atoms with Crippen molar-refractivity contribution < 1.29 is 9.13 Å². The van der Waals surface area contributed by atoms with Crippen LogP contribution >= 0.6 is 0 Å². The van der Waals surface area contributed by atoms with Crippen LogP contribution in [0.2, 0.25) is 0 Å². The van der Waals surface area contributed by atoms with Crippen molar-refractivity contribution in [3.63, 3.8) is 0 Å². The van der Waals surface area contributed by atoms with Crippen molar-refractivity contribution in [2.45, 2.75) is 46.1 Å². The largest absolute Gasteiger partial charge is 0.472 e. The Hall–Kier alpha value is -1.39. The zero-order chi connectivity index (χ0) is 12.7. The third kappa shape index (κ3) is 4.54. The van der Waals surface area contributed by atoms with E-state index in [-0.39, 0.29) is 12.0 Å². The molecule has 0 bridgehead atoms. The molecule has 1 heterocycles. The van der Waals surface area contributed by atoms with E-state index in [2.05, 4.69) is 22.2 Å². The molecule has 1 N–H and O–H groups in total. The van der Waals surface area contributed by atoms with E-state index in [9.17, 15) is 4.39 Å². The number of anilines is 1. The lowest BCUT2D eigenvalue weighted by Gasteiger charge is -2.13. The summed E-state index contributed by atoms with van der Waals surface area (Å²) in [6.07, 6.45) is 3.93. The van der Waals surface area contributed by atoms with Gasteiger partial charge in [0, 0.05) is 6.54 Å². The lowest BCUT2D eigenvalue weighted by Crippen LogP contribution is -2.14. The van der Waals surface area contributed by atoms with Gasteiger partial charge in [-0.2, -0.15) is 9.37 Å². The Morgan fingerprint density at radius 3 is 2.82 bits per heavy atom. The van der Waals surface area contributed by atoms with Gasteiger partial charge in [-0.25, -0.2) is 4.98 Å². The van der Waals surface area contributed by atoms with Crippen LogP contribution in [0.4, 0.5) is 10.3 Å². The van der Waals surface area contributed by atoms with Crippen LogP contribution in [-0.4, -0.2) is 22.6 Å². The summed E-state index contributed by atoms with van der Waals surface area (Å²) < 4.78 is 18.9. The smallest absolute Gasteiger partial charge is 0.255 e. The number of rotatable bonds is 7. The maximum atomic E-state index is 13.4. The first-order valence-corrected chi connectivity index (χ1v) is 6.10. The van der Waals surface area contributed by atoms with Crippen molar-refractivity contribution in [1.29, 1.82) is 0 Å². The van der Waals surface area contributed by atoms with Gasteiger partial charge in [0.2, 0.25) is 11.8 Å². The third-order valence-corrected chi connectivity index (χ3v) is 2.25. The van der Waals surface area contributed by atoms with Gasteiger partial charge in [0.05, 0.1) is 12.3 Å². The molecule has 0 amide bonds. The monoisotopic (exact) mass is 241 g/mol. The summed E-state index contributed by atoms with van der Waals surface area (Å²) in [6, 6.07) is 0. The molecule has 0 aliphatic rings. The Balaban J connectivity index is 2.68. The fraction of sp³-hybridized carbons (Fsp3) is 0.667. The molecule has 0 aliphatic heterocycles. The Morgan fingerprint density at radius 2 is 2.18 bits per heavy atom.